The molecule has 0 fully saturated rings. The quantitative estimate of drug-likeness (QED) is 0.854. The van der Waals surface area contributed by atoms with E-state index < -0.39 is 0 Å². The lowest BCUT2D eigenvalue weighted by Gasteiger charge is -2.07. The summed E-state index contributed by atoms with van der Waals surface area (Å²) in [7, 11) is 0. The molecule has 0 unspecified atom stereocenters. The van der Waals surface area contributed by atoms with Gasteiger partial charge in [0.05, 0.1) is 25.0 Å². The van der Waals surface area contributed by atoms with Crippen molar-refractivity contribution in [2.24, 2.45) is 0 Å². The lowest BCUT2D eigenvalue weighted by molar-refractivity contribution is 0.653. The van der Waals surface area contributed by atoms with Crippen molar-refractivity contribution in [2.75, 3.05) is 5.32 Å². The summed E-state index contributed by atoms with van der Waals surface area (Å²) in [4.78, 5) is 15.9. The van der Waals surface area contributed by atoms with E-state index in [2.05, 4.69) is 22.0 Å². The van der Waals surface area contributed by atoms with Crippen molar-refractivity contribution in [1.29, 1.82) is 0 Å². The lowest BCUT2D eigenvalue weighted by Crippen LogP contribution is -2.23. The van der Waals surface area contributed by atoms with Gasteiger partial charge in [0.15, 0.2) is 0 Å². The number of aromatic nitrogens is 3. The Kier molecular flexibility index (Phi) is 4.11. The molecule has 0 amide bonds. The maximum absolute atomic E-state index is 11.8. The van der Waals surface area contributed by atoms with Crippen LogP contribution >= 0.6 is 22.9 Å². The fourth-order valence-corrected chi connectivity index (χ4v) is 2.12. The summed E-state index contributed by atoms with van der Waals surface area (Å²) in [6, 6.07) is 0. The molecular weight excluding hydrogens is 272 g/mol. The van der Waals surface area contributed by atoms with Gasteiger partial charge in [-0.2, -0.15) is 5.10 Å². The maximum Gasteiger partial charge on any atom is 0.287 e. The first-order chi connectivity index (χ1) is 8.72. The first-order valence-corrected chi connectivity index (χ1v) is 6.47. The van der Waals surface area contributed by atoms with E-state index in [9.17, 15) is 4.79 Å². The monoisotopic (exact) mass is 282 g/mol. The molecule has 1 N–H and O–H groups in total. The van der Waals surface area contributed by atoms with Crippen LogP contribution in [0.4, 0.5) is 5.69 Å². The molecule has 2 heterocycles. The van der Waals surface area contributed by atoms with Crippen molar-refractivity contribution in [3.63, 3.8) is 0 Å². The molecule has 94 valence electrons. The largest absolute Gasteiger partial charge is 0.376 e. The standard InChI is InChI=1S/C11H11ClN4OS/c1-2-4-16-11(17)10(12)8(6-15-16)14-7-9-13-3-5-18-9/h2-3,5-6,14H,1,4,7H2. The predicted molar refractivity (Wildman–Crippen MR) is 73.1 cm³/mol. The molecule has 2 rings (SSSR count). The highest BCUT2D eigenvalue weighted by Gasteiger charge is 2.08. The molecule has 0 saturated heterocycles. The van der Waals surface area contributed by atoms with E-state index in [0.29, 0.717) is 18.8 Å². The number of rotatable bonds is 5. The minimum atomic E-state index is -0.333. The van der Waals surface area contributed by atoms with Crippen LogP contribution in [0.2, 0.25) is 5.02 Å². The second-order valence-electron chi connectivity index (χ2n) is 3.43. The summed E-state index contributed by atoms with van der Waals surface area (Å²) in [6.07, 6.45) is 4.85. The smallest absolute Gasteiger partial charge is 0.287 e. The summed E-state index contributed by atoms with van der Waals surface area (Å²) >= 11 is 7.52. The van der Waals surface area contributed by atoms with Gasteiger partial charge in [-0.1, -0.05) is 17.7 Å². The summed E-state index contributed by atoms with van der Waals surface area (Å²) in [5, 5.41) is 9.97. The number of hydrogen-bond acceptors (Lipinski definition) is 5. The van der Waals surface area contributed by atoms with E-state index in [1.165, 1.54) is 22.2 Å². The van der Waals surface area contributed by atoms with Gasteiger partial charge >= 0.3 is 0 Å². The van der Waals surface area contributed by atoms with Crippen LogP contribution in [0.1, 0.15) is 5.01 Å². The van der Waals surface area contributed by atoms with E-state index >= 15 is 0 Å². The molecule has 7 heteroatoms. The van der Waals surface area contributed by atoms with Crippen LogP contribution in [0.3, 0.4) is 0 Å². The lowest BCUT2D eigenvalue weighted by atomic mass is 10.4. The molecule has 0 atom stereocenters. The summed E-state index contributed by atoms with van der Waals surface area (Å²) in [5.74, 6) is 0. The molecule has 0 aliphatic carbocycles. The van der Waals surface area contributed by atoms with Gasteiger partial charge in [0, 0.05) is 11.6 Å². The number of anilines is 1. The van der Waals surface area contributed by atoms with Gasteiger partial charge in [-0.05, 0) is 0 Å². The highest BCUT2D eigenvalue weighted by atomic mass is 35.5. The maximum atomic E-state index is 11.8. The van der Waals surface area contributed by atoms with E-state index in [1.54, 1.807) is 12.3 Å². The van der Waals surface area contributed by atoms with Crippen molar-refractivity contribution in [1.82, 2.24) is 14.8 Å². The molecule has 0 aliphatic heterocycles. The van der Waals surface area contributed by atoms with Gasteiger partial charge in [-0.15, -0.1) is 17.9 Å². The Morgan fingerprint density at radius 2 is 2.44 bits per heavy atom. The molecule has 0 spiro atoms. The van der Waals surface area contributed by atoms with Gasteiger partial charge in [0.25, 0.3) is 5.56 Å². The molecule has 18 heavy (non-hydrogen) atoms. The average Bonchev–Trinajstić information content (AvgIpc) is 2.87. The topological polar surface area (TPSA) is 59.8 Å². The second kappa shape index (κ2) is 5.79. The van der Waals surface area contributed by atoms with Gasteiger partial charge < -0.3 is 5.32 Å². The van der Waals surface area contributed by atoms with Crippen molar-refractivity contribution < 1.29 is 0 Å². The number of halogens is 1. The first-order valence-electron chi connectivity index (χ1n) is 5.21. The van der Waals surface area contributed by atoms with Crippen LogP contribution in [0, 0.1) is 0 Å². The number of nitrogens with one attached hydrogen (secondary N) is 1. The number of hydrogen-bond donors (Lipinski definition) is 1. The minimum Gasteiger partial charge on any atom is -0.376 e. The summed E-state index contributed by atoms with van der Waals surface area (Å²) in [5.41, 5.74) is 0.179. The molecule has 0 saturated carbocycles. The SMILES string of the molecule is C=CCn1ncc(NCc2nccs2)c(Cl)c1=O. The van der Waals surface area contributed by atoms with Crippen LogP contribution in [0.25, 0.3) is 0 Å². The Labute approximate surface area is 113 Å². The van der Waals surface area contributed by atoms with E-state index in [0.717, 1.165) is 5.01 Å². The zero-order valence-corrected chi connectivity index (χ0v) is 11.0. The zero-order valence-electron chi connectivity index (χ0n) is 9.47. The Hall–Kier alpha value is -1.66. The summed E-state index contributed by atoms with van der Waals surface area (Å²) in [6.45, 7) is 4.41. The normalized spacial score (nSPS) is 10.3. The molecule has 5 nitrogen and oxygen atoms in total. The zero-order chi connectivity index (χ0) is 13.0. The van der Waals surface area contributed by atoms with Crippen LogP contribution in [-0.4, -0.2) is 14.8 Å². The van der Waals surface area contributed by atoms with Crippen LogP contribution < -0.4 is 10.9 Å². The van der Waals surface area contributed by atoms with E-state index in [1.807, 2.05) is 5.38 Å². The van der Waals surface area contributed by atoms with Gasteiger partial charge in [-0.3, -0.25) is 4.79 Å². The first kappa shape index (κ1) is 12.8. The predicted octanol–water partition coefficient (Wildman–Crippen LogP) is 2.15. The molecular formula is C11H11ClN4OS. The molecule has 0 aliphatic rings. The van der Waals surface area contributed by atoms with E-state index in [4.69, 9.17) is 11.6 Å². The Morgan fingerprint density at radius 3 is 3.11 bits per heavy atom. The fraction of sp³-hybridized carbons (Fsp3) is 0.182. The van der Waals surface area contributed by atoms with Gasteiger partial charge in [0.1, 0.15) is 10.0 Å². The number of thiazole rings is 1. The molecule has 2 aromatic rings. The van der Waals surface area contributed by atoms with Crippen LogP contribution in [-0.2, 0) is 13.1 Å². The molecule has 0 bridgehead atoms. The highest BCUT2D eigenvalue weighted by Crippen LogP contribution is 2.16. The Morgan fingerprint density at radius 1 is 1.61 bits per heavy atom. The van der Waals surface area contributed by atoms with Crippen molar-refractivity contribution in [2.45, 2.75) is 13.1 Å². The molecule has 2 aromatic heterocycles. The Balaban J connectivity index is 2.16. The number of nitrogens with zero attached hydrogens (tertiary/aromatic N) is 3. The highest BCUT2D eigenvalue weighted by molar-refractivity contribution is 7.09. The van der Waals surface area contributed by atoms with Crippen LogP contribution in [0.15, 0.2) is 35.2 Å². The van der Waals surface area contributed by atoms with Crippen molar-refractivity contribution >= 4 is 28.6 Å². The second-order valence-corrected chi connectivity index (χ2v) is 4.78. The molecule has 0 aromatic carbocycles. The minimum absolute atomic E-state index is 0.128. The fourth-order valence-electron chi connectivity index (χ4n) is 1.35. The average molecular weight is 283 g/mol. The number of allylic oxidation sites excluding steroid dienone is 1. The third kappa shape index (κ3) is 2.77. The third-order valence-corrected chi connectivity index (χ3v) is 3.35. The third-order valence-electron chi connectivity index (χ3n) is 2.20. The van der Waals surface area contributed by atoms with Gasteiger partial charge in [0.2, 0.25) is 0 Å². The van der Waals surface area contributed by atoms with Crippen LogP contribution in [0.5, 0.6) is 0 Å². The van der Waals surface area contributed by atoms with Gasteiger partial charge in [-0.25, -0.2) is 9.67 Å². The van der Waals surface area contributed by atoms with Crippen molar-refractivity contribution in [3.8, 4) is 0 Å². The van der Waals surface area contributed by atoms with E-state index in [-0.39, 0.29) is 10.6 Å². The molecule has 0 radical (unpaired) electrons. The summed E-state index contributed by atoms with van der Waals surface area (Å²) < 4.78 is 1.25. The van der Waals surface area contributed by atoms with Crippen molar-refractivity contribution in [3.05, 3.63) is 50.8 Å². The Bertz CT molecular complexity index is 594.